The van der Waals surface area contributed by atoms with Gasteiger partial charge in [0, 0.05) is 5.69 Å². The highest BCUT2D eigenvalue weighted by Gasteiger charge is 2.47. The zero-order valence-corrected chi connectivity index (χ0v) is 17.0. The predicted octanol–water partition coefficient (Wildman–Crippen LogP) is 7.16. The highest BCUT2D eigenvalue weighted by molar-refractivity contribution is 5.60. The molecule has 0 N–H and O–H groups in total. The Morgan fingerprint density at radius 1 is 0.852 bits per heavy atom. The van der Waals surface area contributed by atoms with E-state index in [1.165, 1.54) is 50.5 Å². The van der Waals surface area contributed by atoms with E-state index in [-0.39, 0.29) is 6.04 Å². The molecule has 2 aromatic rings. The number of anilines is 1. The first-order valence-corrected chi connectivity index (χ1v) is 10.7. The van der Waals surface area contributed by atoms with Gasteiger partial charge in [-0.05, 0) is 36.2 Å². The first kappa shape index (κ1) is 18.4. The number of hydrogen-bond donors (Lipinski definition) is 0. The van der Waals surface area contributed by atoms with Crippen molar-refractivity contribution in [3.8, 4) is 5.75 Å². The van der Waals surface area contributed by atoms with Gasteiger partial charge in [0.2, 0.25) is 0 Å². The minimum atomic E-state index is -0.530. The van der Waals surface area contributed by atoms with Crippen molar-refractivity contribution in [3.63, 3.8) is 0 Å². The Labute approximate surface area is 167 Å². The largest absolute Gasteiger partial charge is 0.497 e. The van der Waals surface area contributed by atoms with Crippen LogP contribution in [-0.4, -0.2) is 13.1 Å². The van der Waals surface area contributed by atoms with Crippen LogP contribution < -0.4 is 9.64 Å². The zero-order valence-electron chi connectivity index (χ0n) is 18.0. The molecule has 1 heterocycles. The van der Waals surface area contributed by atoms with Gasteiger partial charge in [-0.1, -0.05) is 88.6 Å². The standard InChI is InChI=1S/C25H35NO/c1-3-4-5-6-7-8-9-13-16-24-25(21-14-11-10-12-15-21)26(24)22-17-19-23(27-2)20-18-22/h10-12,14-15,17-20,24-25H,3-9,13,16H2,1-2H3/t24-,25+,26?/m0/s1/i24D. The van der Waals surface area contributed by atoms with Crippen molar-refractivity contribution < 1.29 is 6.11 Å². The third-order valence-electron chi connectivity index (χ3n) is 5.57. The Kier molecular flexibility index (Phi) is 7.09. The molecule has 27 heavy (non-hydrogen) atoms. The second-order valence-corrected chi connectivity index (χ2v) is 7.60. The van der Waals surface area contributed by atoms with Crippen LogP contribution in [0.1, 0.15) is 77.7 Å². The molecular formula is C25H35NO. The van der Waals surface area contributed by atoms with E-state index in [0.29, 0.717) is 0 Å². The van der Waals surface area contributed by atoms with Crippen molar-refractivity contribution >= 4 is 5.69 Å². The fourth-order valence-corrected chi connectivity index (χ4v) is 3.97. The molecular weight excluding hydrogens is 330 g/mol. The van der Waals surface area contributed by atoms with Gasteiger partial charge in [0.05, 0.1) is 20.5 Å². The Morgan fingerprint density at radius 3 is 2.11 bits per heavy atom. The smallest absolute Gasteiger partial charge is 0.119 e. The van der Waals surface area contributed by atoms with Crippen LogP contribution in [0.5, 0.6) is 5.75 Å². The van der Waals surface area contributed by atoms with Crippen molar-refractivity contribution in [2.75, 3.05) is 12.0 Å². The van der Waals surface area contributed by atoms with Gasteiger partial charge >= 0.3 is 0 Å². The van der Waals surface area contributed by atoms with E-state index in [1.54, 1.807) is 7.11 Å². The third-order valence-corrected chi connectivity index (χ3v) is 5.57. The lowest BCUT2D eigenvalue weighted by Crippen LogP contribution is -1.99. The van der Waals surface area contributed by atoms with Crippen LogP contribution in [0.25, 0.3) is 0 Å². The maximum absolute atomic E-state index is 9.20. The summed E-state index contributed by atoms with van der Waals surface area (Å²) in [6, 6.07) is 18.3. The Bertz CT molecular complexity index is 702. The average molecular weight is 367 g/mol. The molecule has 0 saturated carbocycles. The summed E-state index contributed by atoms with van der Waals surface area (Å²) in [5, 5.41) is 0. The van der Waals surface area contributed by atoms with E-state index in [2.05, 4.69) is 48.2 Å². The van der Waals surface area contributed by atoms with Crippen LogP contribution in [0.2, 0.25) is 0 Å². The number of rotatable bonds is 12. The molecule has 1 fully saturated rings. The molecule has 146 valence electrons. The number of benzene rings is 2. The topological polar surface area (TPSA) is 12.2 Å². The molecule has 3 rings (SSSR count). The van der Waals surface area contributed by atoms with E-state index in [9.17, 15) is 1.37 Å². The maximum atomic E-state index is 9.20. The van der Waals surface area contributed by atoms with Gasteiger partial charge in [0.1, 0.15) is 5.75 Å². The molecule has 0 radical (unpaired) electrons. The van der Waals surface area contributed by atoms with Gasteiger partial charge in [-0.3, -0.25) is 0 Å². The Morgan fingerprint density at radius 2 is 1.48 bits per heavy atom. The first-order valence-electron chi connectivity index (χ1n) is 11.2. The summed E-state index contributed by atoms with van der Waals surface area (Å²) in [6.07, 6.45) is 11.4. The molecule has 1 aliphatic heterocycles. The molecule has 0 aliphatic carbocycles. The summed E-state index contributed by atoms with van der Waals surface area (Å²) < 4.78 is 14.5. The molecule has 2 heteroatoms. The Hall–Kier alpha value is -1.96. The number of methoxy groups -OCH3 is 1. The van der Waals surface area contributed by atoms with Gasteiger partial charge in [0.25, 0.3) is 0 Å². The quantitative estimate of drug-likeness (QED) is 0.292. The molecule has 0 unspecified atom stereocenters. The van der Waals surface area contributed by atoms with Crippen LogP contribution in [0.4, 0.5) is 5.69 Å². The fraction of sp³-hybridized carbons (Fsp3) is 0.520. The molecule has 0 aromatic heterocycles. The highest BCUT2D eigenvalue weighted by atomic mass is 16.5. The van der Waals surface area contributed by atoms with Gasteiger partial charge in [-0.15, -0.1) is 0 Å². The molecule has 0 bridgehead atoms. The minimum Gasteiger partial charge on any atom is -0.497 e. The first-order chi connectivity index (χ1) is 13.7. The molecule has 2 aromatic carbocycles. The van der Waals surface area contributed by atoms with E-state index in [1.807, 2.05) is 18.2 Å². The lowest BCUT2D eigenvalue weighted by Gasteiger charge is -2.08. The number of hydrogen-bond acceptors (Lipinski definition) is 2. The second kappa shape index (κ2) is 10.4. The van der Waals surface area contributed by atoms with Crippen molar-refractivity contribution in [1.29, 1.82) is 0 Å². The van der Waals surface area contributed by atoms with E-state index in [4.69, 9.17) is 4.74 Å². The number of ether oxygens (including phenoxy) is 1. The van der Waals surface area contributed by atoms with Crippen molar-refractivity contribution in [2.24, 2.45) is 0 Å². The van der Waals surface area contributed by atoms with Crippen LogP contribution >= 0.6 is 0 Å². The van der Waals surface area contributed by atoms with Crippen LogP contribution in [-0.2, 0) is 0 Å². The molecule has 0 amide bonds. The lowest BCUT2D eigenvalue weighted by molar-refractivity contribution is 0.415. The fourth-order valence-electron chi connectivity index (χ4n) is 3.97. The SMILES string of the molecule is [2H][C@]1(CCCCCCCCCC)[C@@H](c2ccccc2)N1c1ccc(OC)cc1. The van der Waals surface area contributed by atoms with Gasteiger partial charge < -0.3 is 9.64 Å². The van der Waals surface area contributed by atoms with Crippen molar-refractivity contribution in [2.45, 2.75) is 76.8 Å². The van der Waals surface area contributed by atoms with Gasteiger partial charge in [-0.2, -0.15) is 0 Å². The van der Waals surface area contributed by atoms with E-state index >= 15 is 0 Å². The monoisotopic (exact) mass is 366 g/mol. The van der Waals surface area contributed by atoms with Gasteiger partial charge in [-0.25, -0.2) is 0 Å². The van der Waals surface area contributed by atoms with E-state index < -0.39 is 6.02 Å². The number of unbranched alkanes of at least 4 members (excludes halogenated alkanes) is 7. The molecule has 1 saturated heterocycles. The van der Waals surface area contributed by atoms with Crippen LogP contribution in [0.3, 0.4) is 0 Å². The normalized spacial score (nSPS) is 21.8. The van der Waals surface area contributed by atoms with Gasteiger partial charge in [0.15, 0.2) is 0 Å². The van der Waals surface area contributed by atoms with Crippen LogP contribution in [0, 0.1) is 0 Å². The van der Waals surface area contributed by atoms with E-state index in [0.717, 1.165) is 24.3 Å². The zero-order chi connectivity index (χ0) is 19.8. The lowest BCUT2D eigenvalue weighted by atomic mass is 10.0. The average Bonchev–Trinajstić information content (AvgIpc) is 3.36. The molecule has 2 nitrogen and oxygen atoms in total. The second-order valence-electron chi connectivity index (χ2n) is 7.60. The summed E-state index contributed by atoms with van der Waals surface area (Å²) in [6.45, 7) is 2.26. The summed E-state index contributed by atoms with van der Waals surface area (Å²) >= 11 is 0. The summed E-state index contributed by atoms with van der Waals surface area (Å²) in [7, 11) is 1.69. The summed E-state index contributed by atoms with van der Waals surface area (Å²) in [5.74, 6) is 0.862. The van der Waals surface area contributed by atoms with Crippen LogP contribution in [0.15, 0.2) is 54.6 Å². The molecule has 0 spiro atoms. The third kappa shape index (κ3) is 5.51. The molecule has 2 atom stereocenters. The maximum Gasteiger partial charge on any atom is 0.119 e. The Balaban J connectivity index is 1.59. The predicted molar refractivity (Wildman–Crippen MR) is 116 cm³/mol. The minimum absolute atomic E-state index is 0.145. The van der Waals surface area contributed by atoms with Crippen molar-refractivity contribution in [1.82, 2.24) is 0 Å². The number of nitrogens with zero attached hydrogens (tertiary/aromatic N) is 1. The highest BCUT2D eigenvalue weighted by Crippen LogP contribution is 2.49. The molecule has 1 aliphatic rings. The van der Waals surface area contributed by atoms with Crippen molar-refractivity contribution in [3.05, 3.63) is 60.2 Å². The summed E-state index contributed by atoms with van der Waals surface area (Å²) in [5.41, 5.74) is 2.36. The summed E-state index contributed by atoms with van der Waals surface area (Å²) in [4.78, 5) is 2.27.